The number of carbonyl (C=O) groups excluding carboxylic acids is 1. The van der Waals surface area contributed by atoms with Gasteiger partial charge in [0.05, 0.1) is 30.0 Å². The van der Waals surface area contributed by atoms with Crippen LogP contribution in [0.4, 0.5) is 0 Å². The van der Waals surface area contributed by atoms with Crippen molar-refractivity contribution in [3.05, 3.63) is 41.1 Å². The van der Waals surface area contributed by atoms with Gasteiger partial charge in [0.2, 0.25) is 0 Å². The standard InChI is InChI=1S/C13H16N4O2/c14-5-10-4-9(7-19-10)13(18)16-11-3-1-2-8-6-15-17-12(8)11/h4,6-7,11H,1-3,5,14H2,(H,15,17)(H,16,18). The van der Waals surface area contributed by atoms with E-state index in [4.69, 9.17) is 10.2 Å². The predicted octanol–water partition coefficient (Wildman–Crippen LogP) is 1.27. The molecule has 19 heavy (non-hydrogen) atoms. The van der Waals surface area contributed by atoms with E-state index in [2.05, 4.69) is 15.5 Å². The number of nitrogens with zero attached hydrogens (tertiary/aromatic N) is 1. The maximum absolute atomic E-state index is 12.1. The van der Waals surface area contributed by atoms with Crippen LogP contribution in [0.3, 0.4) is 0 Å². The Morgan fingerprint density at radius 1 is 1.63 bits per heavy atom. The summed E-state index contributed by atoms with van der Waals surface area (Å²) >= 11 is 0. The fourth-order valence-electron chi connectivity index (χ4n) is 2.46. The van der Waals surface area contributed by atoms with Gasteiger partial charge < -0.3 is 15.5 Å². The van der Waals surface area contributed by atoms with E-state index in [-0.39, 0.29) is 11.9 Å². The highest BCUT2D eigenvalue weighted by molar-refractivity contribution is 5.94. The Balaban J connectivity index is 1.74. The van der Waals surface area contributed by atoms with E-state index >= 15 is 0 Å². The summed E-state index contributed by atoms with van der Waals surface area (Å²) in [5.74, 6) is 0.465. The van der Waals surface area contributed by atoms with Crippen LogP contribution < -0.4 is 11.1 Å². The fraction of sp³-hybridized carbons (Fsp3) is 0.385. The molecule has 1 unspecified atom stereocenters. The van der Waals surface area contributed by atoms with E-state index in [9.17, 15) is 4.79 Å². The Kier molecular flexibility index (Phi) is 3.08. The summed E-state index contributed by atoms with van der Waals surface area (Å²) < 4.78 is 5.17. The molecule has 2 aromatic heterocycles. The molecule has 1 atom stereocenters. The van der Waals surface area contributed by atoms with Gasteiger partial charge in [0.1, 0.15) is 12.0 Å². The van der Waals surface area contributed by atoms with Gasteiger partial charge in [-0.1, -0.05) is 0 Å². The van der Waals surface area contributed by atoms with Gasteiger partial charge in [-0.05, 0) is 30.9 Å². The van der Waals surface area contributed by atoms with E-state index < -0.39 is 0 Å². The van der Waals surface area contributed by atoms with Gasteiger partial charge in [-0.3, -0.25) is 9.89 Å². The molecule has 6 heteroatoms. The molecule has 2 aromatic rings. The van der Waals surface area contributed by atoms with Crippen molar-refractivity contribution < 1.29 is 9.21 Å². The predicted molar refractivity (Wildman–Crippen MR) is 68.3 cm³/mol. The molecule has 1 aliphatic carbocycles. The van der Waals surface area contributed by atoms with Crippen LogP contribution in [-0.2, 0) is 13.0 Å². The summed E-state index contributed by atoms with van der Waals surface area (Å²) in [4.78, 5) is 12.1. The molecule has 0 aliphatic heterocycles. The van der Waals surface area contributed by atoms with Gasteiger partial charge in [0.25, 0.3) is 5.91 Å². The van der Waals surface area contributed by atoms with Crippen LogP contribution in [0.5, 0.6) is 0 Å². The molecule has 0 fully saturated rings. The van der Waals surface area contributed by atoms with E-state index in [1.807, 2.05) is 6.20 Å². The maximum atomic E-state index is 12.1. The molecule has 0 bridgehead atoms. The first kappa shape index (κ1) is 12.0. The van der Waals surface area contributed by atoms with Crippen LogP contribution in [-0.4, -0.2) is 16.1 Å². The minimum absolute atomic E-state index is 0.00465. The number of aromatic nitrogens is 2. The molecule has 4 N–H and O–H groups in total. The van der Waals surface area contributed by atoms with Crippen molar-refractivity contribution >= 4 is 5.91 Å². The summed E-state index contributed by atoms with van der Waals surface area (Å²) in [6.07, 6.45) is 6.26. The molecule has 3 rings (SSSR count). The number of nitrogens with one attached hydrogen (secondary N) is 2. The van der Waals surface area contributed by atoms with Gasteiger partial charge in [0.15, 0.2) is 0 Å². The minimum Gasteiger partial charge on any atom is -0.467 e. The highest BCUT2D eigenvalue weighted by Gasteiger charge is 2.24. The van der Waals surface area contributed by atoms with Crippen molar-refractivity contribution in [2.24, 2.45) is 5.73 Å². The molecular weight excluding hydrogens is 244 g/mol. The molecule has 2 heterocycles. The Morgan fingerprint density at radius 2 is 2.53 bits per heavy atom. The number of carbonyl (C=O) groups is 1. The number of aryl methyl sites for hydroxylation is 1. The van der Waals surface area contributed by atoms with Crippen LogP contribution in [0.2, 0.25) is 0 Å². The highest BCUT2D eigenvalue weighted by Crippen LogP contribution is 2.27. The Bertz CT molecular complexity index is 587. The van der Waals surface area contributed by atoms with E-state index in [0.717, 1.165) is 25.0 Å². The van der Waals surface area contributed by atoms with E-state index in [0.29, 0.717) is 17.9 Å². The Hall–Kier alpha value is -2.08. The smallest absolute Gasteiger partial charge is 0.255 e. The summed E-state index contributed by atoms with van der Waals surface area (Å²) in [5.41, 5.74) is 8.17. The Labute approximate surface area is 110 Å². The molecule has 1 amide bonds. The van der Waals surface area contributed by atoms with Crippen molar-refractivity contribution in [1.29, 1.82) is 0 Å². The van der Waals surface area contributed by atoms with E-state index in [1.54, 1.807) is 6.07 Å². The van der Waals surface area contributed by atoms with Crippen LogP contribution in [0.1, 0.15) is 46.3 Å². The molecule has 0 aromatic carbocycles. The van der Waals surface area contributed by atoms with Gasteiger partial charge >= 0.3 is 0 Å². The average Bonchev–Trinajstić information content (AvgIpc) is 3.08. The number of rotatable bonds is 3. The zero-order valence-corrected chi connectivity index (χ0v) is 10.5. The first-order valence-electron chi connectivity index (χ1n) is 6.38. The summed E-state index contributed by atoms with van der Waals surface area (Å²) in [5, 5.41) is 10.0. The number of amides is 1. The summed E-state index contributed by atoms with van der Waals surface area (Å²) in [7, 11) is 0. The SMILES string of the molecule is NCc1cc(C(=O)NC2CCCc3cn[nH]c32)co1. The second-order valence-electron chi connectivity index (χ2n) is 4.73. The monoisotopic (exact) mass is 260 g/mol. The first-order chi connectivity index (χ1) is 9.28. The molecule has 0 spiro atoms. The molecular formula is C13H16N4O2. The normalized spacial score (nSPS) is 18.1. The van der Waals surface area contributed by atoms with Crippen molar-refractivity contribution in [2.45, 2.75) is 31.8 Å². The van der Waals surface area contributed by atoms with E-state index in [1.165, 1.54) is 11.8 Å². The van der Waals surface area contributed by atoms with Gasteiger partial charge in [-0.25, -0.2) is 0 Å². The second kappa shape index (κ2) is 4.89. The maximum Gasteiger partial charge on any atom is 0.255 e. The lowest BCUT2D eigenvalue weighted by Crippen LogP contribution is -2.30. The van der Waals surface area contributed by atoms with Crippen LogP contribution in [0.15, 0.2) is 22.9 Å². The molecule has 6 nitrogen and oxygen atoms in total. The van der Waals surface area contributed by atoms with Crippen molar-refractivity contribution in [3.63, 3.8) is 0 Å². The van der Waals surface area contributed by atoms with Gasteiger partial charge in [-0.15, -0.1) is 0 Å². The van der Waals surface area contributed by atoms with Crippen molar-refractivity contribution in [3.8, 4) is 0 Å². The van der Waals surface area contributed by atoms with Gasteiger partial charge in [0, 0.05) is 0 Å². The second-order valence-corrected chi connectivity index (χ2v) is 4.73. The third-order valence-electron chi connectivity index (χ3n) is 3.46. The van der Waals surface area contributed by atoms with Gasteiger partial charge in [-0.2, -0.15) is 5.10 Å². The number of hydrogen-bond acceptors (Lipinski definition) is 4. The molecule has 100 valence electrons. The van der Waals surface area contributed by atoms with Crippen molar-refractivity contribution in [2.75, 3.05) is 0 Å². The Morgan fingerprint density at radius 3 is 3.32 bits per heavy atom. The van der Waals surface area contributed by atoms with Crippen LogP contribution >= 0.6 is 0 Å². The number of H-pyrrole nitrogens is 1. The highest BCUT2D eigenvalue weighted by atomic mass is 16.3. The third kappa shape index (κ3) is 2.26. The average molecular weight is 260 g/mol. The number of aromatic amines is 1. The van der Waals surface area contributed by atoms with Crippen molar-refractivity contribution in [1.82, 2.24) is 15.5 Å². The zero-order valence-electron chi connectivity index (χ0n) is 10.5. The lowest BCUT2D eigenvalue weighted by atomic mass is 9.93. The number of furan rings is 1. The van der Waals surface area contributed by atoms with Crippen LogP contribution in [0, 0.1) is 0 Å². The quantitative estimate of drug-likeness (QED) is 0.774. The molecule has 1 aliphatic rings. The zero-order chi connectivity index (χ0) is 13.2. The molecule has 0 saturated heterocycles. The summed E-state index contributed by atoms with van der Waals surface area (Å²) in [6.45, 7) is 0.293. The molecule has 0 radical (unpaired) electrons. The largest absolute Gasteiger partial charge is 0.467 e. The number of nitrogens with two attached hydrogens (primary N) is 1. The lowest BCUT2D eigenvalue weighted by Gasteiger charge is -2.22. The summed E-state index contributed by atoms with van der Waals surface area (Å²) in [6, 6.07) is 1.67. The number of fused-ring (bicyclic) bond motifs is 1. The lowest BCUT2D eigenvalue weighted by molar-refractivity contribution is 0.0931. The number of hydrogen-bond donors (Lipinski definition) is 3. The topological polar surface area (TPSA) is 96.9 Å². The minimum atomic E-state index is -0.143. The first-order valence-corrected chi connectivity index (χ1v) is 6.38. The van der Waals surface area contributed by atoms with Crippen LogP contribution in [0.25, 0.3) is 0 Å². The third-order valence-corrected chi connectivity index (χ3v) is 3.46. The fourth-order valence-corrected chi connectivity index (χ4v) is 2.46. The molecule has 0 saturated carbocycles.